The van der Waals surface area contributed by atoms with Crippen LogP contribution in [0.4, 0.5) is 0 Å². The molecule has 0 aliphatic carbocycles. The lowest BCUT2D eigenvalue weighted by Gasteiger charge is -1.99. The van der Waals surface area contributed by atoms with Crippen LogP contribution in [-0.4, -0.2) is 23.2 Å². The third kappa shape index (κ3) is 4.29. The van der Waals surface area contributed by atoms with Crippen molar-refractivity contribution < 1.29 is 9.59 Å². The Labute approximate surface area is 123 Å². The Morgan fingerprint density at radius 3 is 2.52 bits per heavy atom. The van der Waals surface area contributed by atoms with Crippen LogP contribution in [0.5, 0.6) is 0 Å². The predicted octanol–water partition coefficient (Wildman–Crippen LogP) is 2.07. The average Bonchev–Trinajstić information content (AvgIpc) is 2.52. The summed E-state index contributed by atoms with van der Waals surface area (Å²) in [7, 11) is 0. The van der Waals surface area contributed by atoms with E-state index in [0.717, 1.165) is 5.56 Å². The van der Waals surface area contributed by atoms with Crippen molar-refractivity contribution in [2.45, 2.75) is 6.92 Å². The first-order valence-corrected chi connectivity index (χ1v) is 6.45. The molecule has 0 unspecified atom stereocenters. The first kappa shape index (κ1) is 14.5. The van der Waals surface area contributed by atoms with E-state index in [1.54, 1.807) is 42.6 Å². The molecule has 1 aromatic heterocycles. The van der Waals surface area contributed by atoms with Crippen LogP contribution >= 0.6 is 0 Å². The summed E-state index contributed by atoms with van der Waals surface area (Å²) in [5.74, 6) is 5.61. The number of nitrogens with one attached hydrogen (secondary N) is 1. The topological polar surface area (TPSA) is 59.1 Å². The molecule has 1 heterocycles. The minimum absolute atomic E-state index is 0.0262. The van der Waals surface area contributed by atoms with Gasteiger partial charge in [0.2, 0.25) is 0 Å². The zero-order valence-electron chi connectivity index (χ0n) is 11.6. The summed E-state index contributed by atoms with van der Waals surface area (Å²) in [5, 5.41) is 2.69. The summed E-state index contributed by atoms with van der Waals surface area (Å²) >= 11 is 0. The fourth-order valence-electron chi connectivity index (χ4n) is 1.66. The van der Waals surface area contributed by atoms with Gasteiger partial charge >= 0.3 is 0 Å². The molecule has 1 N–H and O–H groups in total. The summed E-state index contributed by atoms with van der Waals surface area (Å²) < 4.78 is 0. The molecule has 104 valence electrons. The van der Waals surface area contributed by atoms with Gasteiger partial charge in [0.05, 0.1) is 12.1 Å². The Morgan fingerprint density at radius 1 is 1.14 bits per heavy atom. The maximum absolute atomic E-state index is 11.7. The summed E-state index contributed by atoms with van der Waals surface area (Å²) in [5.41, 5.74) is 1.96. The van der Waals surface area contributed by atoms with Crippen LogP contribution in [-0.2, 0) is 0 Å². The minimum Gasteiger partial charge on any atom is -0.341 e. The smallest absolute Gasteiger partial charge is 0.253 e. The van der Waals surface area contributed by atoms with Crippen molar-refractivity contribution in [3.05, 3.63) is 65.5 Å². The zero-order chi connectivity index (χ0) is 15.1. The van der Waals surface area contributed by atoms with Gasteiger partial charge in [-0.2, -0.15) is 0 Å². The highest BCUT2D eigenvalue weighted by molar-refractivity contribution is 5.94. The molecule has 0 radical (unpaired) electrons. The minimum atomic E-state index is -0.204. The number of hydrogen-bond donors (Lipinski definition) is 1. The van der Waals surface area contributed by atoms with E-state index in [1.807, 2.05) is 0 Å². The molecule has 0 saturated carbocycles. The van der Waals surface area contributed by atoms with E-state index in [9.17, 15) is 9.59 Å². The summed E-state index contributed by atoms with van der Waals surface area (Å²) in [6.45, 7) is 1.77. The molecule has 2 aromatic rings. The van der Waals surface area contributed by atoms with Crippen molar-refractivity contribution in [2.75, 3.05) is 6.54 Å². The zero-order valence-corrected chi connectivity index (χ0v) is 11.6. The molecule has 21 heavy (non-hydrogen) atoms. The first-order chi connectivity index (χ1) is 10.2. The number of pyridine rings is 1. The monoisotopic (exact) mass is 278 g/mol. The average molecular weight is 278 g/mol. The maximum atomic E-state index is 11.7. The third-order valence-electron chi connectivity index (χ3n) is 2.79. The quantitative estimate of drug-likeness (QED) is 0.690. The van der Waals surface area contributed by atoms with Crippen molar-refractivity contribution in [1.82, 2.24) is 10.3 Å². The molecule has 0 aliphatic heterocycles. The van der Waals surface area contributed by atoms with Crippen molar-refractivity contribution in [1.29, 1.82) is 0 Å². The molecule has 1 amide bonds. The Kier molecular flexibility index (Phi) is 4.84. The number of rotatable bonds is 3. The van der Waals surface area contributed by atoms with Crippen LogP contribution < -0.4 is 5.32 Å². The lowest BCUT2D eigenvalue weighted by Crippen LogP contribution is -2.23. The second kappa shape index (κ2) is 7.01. The molecular formula is C17H14N2O2. The lowest BCUT2D eigenvalue weighted by atomic mass is 10.1. The molecule has 0 atom stereocenters. The van der Waals surface area contributed by atoms with E-state index in [1.165, 1.54) is 13.1 Å². The number of carbonyl (C=O) groups excluding carboxylic acids is 2. The van der Waals surface area contributed by atoms with Gasteiger partial charge in [0, 0.05) is 23.5 Å². The number of aromatic nitrogens is 1. The van der Waals surface area contributed by atoms with E-state index < -0.39 is 0 Å². The van der Waals surface area contributed by atoms with E-state index in [2.05, 4.69) is 22.1 Å². The molecule has 4 heteroatoms. The number of Topliss-reactive ketones (excluding diaryl/α,β-unsaturated/α-hetero) is 1. The molecule has 2 rings (SSSR count). The van der Waals surface area contributed by atoms with Crippen LogP contribution in [0.15, 0.2) is 48.8 Å². The highest BCUT2D eigenvalue weighted by Gasteiger charge is 2.02. The summed E-state index contributed by atoms with van der Waals surface area (Å²) in [6.07, 6.45) is 3.12. The van der Waals surface area contributed by atoms with Crippen LogP contribution in [0.3, 0.4) is 0 Å². The van der Waals surface area contributed by atoms with Crippen LogP contribution in [0.1, 0.15) is 33.2 Å². The van der Waals surface area contributed by atoms with Gasteiger partial charge < -0.3 is 5.32 Å². The van der Waals surface area contributed by atoms with Gasteiger partial charge in [-0.15, -0.1) is 0 Å². The van der Waals surface area contributed by atoms with E-state index in [4.69, 9.17) is 0 Å². The Balaban J connectivity index is 1.89. The van der Waals surface area contributed by atoms with Crippen LogP contribution in [0, 0.1) is 11.8 Å². The second-order valence-electron chi connectivity index (χ2n) is 4.36. The molecule has 0 saturated heterocycles. The maximum Gasteiger partial charge on any atom is 0.253 e. The number of ketones is 1. The largest absolute Gasteiger partial charge is 0.341 e. The van der Waals surface area contributed by atoms with E-state index in [0.29, 0.717) is 11.1 Å². The van der Waals surface area contributed by atoms with Crippen LogP contribution in [0.25, 0.3) is 0 Å². The lowest BCUT2D eigenvalue weighted by molar-refractivity contribution is 0.0957. The third-order valence-corrected chi connectivity index (χ3v) is 2.79. The Bertz CT molecular complexity index is 695. The van der Waals surface area contributed by atoms with Gasteiger partial charge in [-0.1, -0.05) is 24.0 Å². The fourth-order valence-corrected chi connectivity index (χ4v) is 1.66. The SMILES string of the molecule is CC(=O)c1ccc(C#CCNC(=O)c2cccnc2)cc1. The highest BCUT2D eigenvalue weighted by atomic mass is 16.1. The molecule has 1 aromatic carbocycles. The van der Waals surface area contributed by atoms with Crippen molar-refractivity contribution >= 4 is 11.7 Å². The molecule has 0 spiro atoms. The summed E-state index contributed by atoms with van der Waals surface area (Å²) in [6, 6.07) is 10.4. The van der Waals surface area contributed by atoms with Crippen LogP contribution in [0.2, 0.25) is 0 Å². The summed E-state index contributed by atoms with van der Waals surface area (Å²) in [4.78, 5) is 26.7. The predicted molar refractivity (Wildman–Crippen MR) is 79.9 cm³/mol. The Hall–Kier alpha value is -2.93. The van der Waals surface area contributed by atoms with Gasteiger partial charge in [-0.05, 0) is 31.2 Å². The van der Waals surface area contributed by atoms with Crippen molar-refractivity contribution in [3.63, 3.8) is 0 Å². The molecule has 0 fully saturated rings. The fraction of sp³-hybridized carbons (Fsp3) is 0.118. The molecule has 4 nitrogen and oxygen atoms in total. The van der Waals surface area contributed by atoms with Gasteiger partial charge in [0.15, 0.2) is 5.78 Å². The van der Waals surface area contributed by atoms with Gasteiger partial charge in [0.1, 0.15) is 0 Å². The van der Waals surface area contributed by atoms with Gasteiger partial charge in [-0.25, -0.2) is 0 Å². The van der Waals surface area contributed by atoms with Gasteiger partial charge in [0.25, 0.3) is 5.91 Å². The molecular weight excluding hydrogens is 264 g/mol. The Morgan fingerprint density at radius 2 is 1.90 bits per heavy atom. The molecule has 0 bridgehead atoms. The number of hydrogen-bond acceptors (Lipinski definition) is 3. The number of benzene rings is 1. The van der Waals surface area contributed by atoms with E-state index in [-0.39, 0.29) is 18.2 Å². The second-order valence-corrected chi connectivity index (χ2v) is 4.36. The number of amides is 1. The van der Waals surface area contributed by atoms with Gasteiger partial charge in [-0.3, -0.25) is 14.6 Å². The normalized spacial score (nSPS) is 9.38. The highest BCUT2D eigenvalue weighted by Crippen LogP contribution is 2.03. The first-order valence-electron chi connectivity index (χ1n) is 6.45. The van der Waals surface area contributed by atoms with E-state index >= 15 is 0 Å². The standard InChI is InChI=1S/C17H14N2O2/c1-13(20)15-8-6-14(7-9-15)4-2-11-19-17(21)16-5-3-10-18-12-16/h3,5-10,12H,11H2,1H3,(H,19,21). The number of nitrogens with zero attached hydrogens (tertiary/aromatic N) is 1. The molecule has 0 aliphatic rings. The van der Waals surface area contributed by atoms with Crippen molar-refractivity contribution in [3.8, 4) is 11.8 Å². The number of carbonyl (C=O) groups is 2. The van der Waals surface area contributed by atoms with Crippen molar-refractivity contribution in [2.24, 2.45) is 0 Å².